The topological polar surface area (TPSA) is 58.2 Å². The van der Waals surface area contributed by atoms with Crippen molar-refractivity contribution in [3.05, 3.63) is 29.3 Å². The molecule has 4 nitrogen and oxygen atoms in total. The lowest BCUT2D eigenvalue weighted by Crippen LogP contribution is -2.34. The highest BCUT2D eigenvalue weighted by atomic mass is 32.2. The molecular weight excluding hydrogens is 284 g/mol. The summed E-state index contributed by atoms with van der Waals surface area (Å²) < 4.78 is 27.9. The minimum Gasteiger partial charge on any atom is -0.313 e. The summed E-state index contributed by atoms with van der Waals surface area (Å²) >= 11 is 0. The van der Waals surface area contributed by atoms with E-state index in [4.69, 9.17) is 0 Å². The zero-order chi connectivity index (χ0) is 15.9. The number of benzene rings is 1. The van der Waals surface area contributed by atoms with Gasteiger partial charge in [0.1, 0.15) is 0 Å². The molecule has 0 aromatic heterocycles. The van der Waals surface area contributed by atoms with Crippen molar-refractivity contribution in [3.8, 4) is 0 Å². The number of aryl methyl sites for hydroxylation is 1. The number of hydrogen-bond donors (Lipinski definition) is 2. The summed E-state index contributed by atoms with van der Waals surface area (Å²) in [6.07, 6.45) is 2.66. The summed E-state index contributed by atoms with van der Waals surface area (Å²) in [7, 11) is -3.45. The SMILES string of the molecule is CCCNCc1ccc(C)c(S(=O)(=O)NC(CC)CC)c1. The van der Waals surface area contributed by atoms with Crippen LogP contribution in [0.15, 0.2) is 23.1 Å². The Morgan fingerprint density at radius 3 is 2.38 bits per heavy atom. The first kappa shape index (κ1) is 18.1. The summed E-state index contributed by atoms with van der Waals surface area (Å²) in [6.45, 7) is 9.56. The van der Waals surface area contributed by atoms with Crippen LogP contribution in [0.2, 0.25) is 0 Å². The molecule has 0 saturated heterocycles. The second-order valence-electron chi connectivity index (χ2n) is 5.41. The summed E-state index contributed by atoms with van der Waals surface area (Å²) in [5.74, 6) is 0. The van der Waals surface area contributed by atoms with Crippen LogP contribution in [-0.4, -0.2) is 21.0 Å². The molecular formula is C16H28N2O2S. The Balaban J connectivity index is 2.96. The molecule has 0 amide bonds. The van der Waals surface area contributed by atoms with Gasteiger partial charge in [0.15, 0.2) is 0 Å². The van der Waals surface area contributed by atoms with Crippen LogP contribution < -0.4 is 10.0 Å². The predicted octanol–water partition coefficient (Wildman–Crippen LogP) is 2.96. The zero-order valence-electron chi connectivity index (χ0n) is 13.6. The Labute approximate surface area is 129 Å². The average molecular weight is 312 g/mol. The molecule has 1 rings (SSSR count). The van der Waals surface area contributed by atoms with E-state index in [0.717, 1.165) is 36.9 Å². The molecule has 0 heterocycles. The molecule has 0 aliphatic rings. The van der Waals surface area contributed by atoms with Gasteiger partial charge in [-0.1, -0.05) is 32.9 Å². The number of hydrogen-bond acceptors (Lipinski definition) is 3. The second-order valence-corrected chi connectivity index (χ2v) is 7.09. The largest absolute Gasteiger partial charge is 0.313 e. The molecule has 120 valence electrons. The maximum atomic E-state index is 12.5. The first-order valence-electron chi connectivity index (χ1n) is 7.77. The van der Waals surface area contributed by atoms with Crippen LogP contribution in [0.4, 0.5) is 0 Å². The monoisotopic (exact) mass is 312 g/mol. The molecule has 1 aromatic carbocycles. The fourth-order valence-corrected chi connectivity index (χ4v) is 3.89. The highest BCUT2D eigenvalue weighted by Crippen LogP contribution is 2.18. The minimum atomic E-state index is -3.45. The van der Waals surface area contributed by atoms with Crippen LogP contribution >= 0.6 is 0 Å². The smallest absolute Gasteiger partial charge is 0.241 e. The van der Waals surface area contributed by atoms with Crippen LogP contribution in [-0.2, 0) is 16.6 Å². The van der Waals surface area contributed by atoms with Gasteiger partial charge in [-0.15, -0.1) is 0 Å². The van der Waals surface area contributed by atoms with Gasteiger partial charge in [0, 0.05) is 12.6 Å². The molecule has 0 radical (unpaired) electrons. The van der Waals surface area contributed by atoms with Crippen molar-refractivity contribution >= 4 is 10.0 Å². The molecule has 5 heteroatoms. The van der Waals surface area contributed by atoms with Crippen molar-refractivity contribution in [2.75, 3.05) is 6.54 Å². The van der Waals surface area contributed by atoms with Gasteiger partial charge in [0.25, 0.3) is 0 Å². The van der Waals surface area contributed by atoms with Crippen molar-refractivity contribution < 1.29 is 8.42 Å². The van der Waals surface area contributed by atoms with E-state index < -0.39 is 10.0 Å². The molecule has 1 aromatic rings. The lowest BCUT2D eigenvalue weighted by Gasteiger charge is -2.17. The third kappa shape index (κ3) is 5.41. The molecule has 0 unspecified atom stereocenters. The maximum Gasteiger partial charge on any atom is 0.241 e. The number of nitrogens with one attached hydrogen (secondary N) is 2. The fraction of sp³-hybridized carbons (Fsp3) is 0.625. The van der Waals surface area contributed by atoms with Gasteiger partial charge >= 0.3 is 0 Å². The van der Waals surface area contributed by atoms with Gasteiger partial charge in [-0.3, -0.25) is 0 Å². The van der Waals surface area contributed by atoms with Crippen LogP contribution in [0.25, 0.3) is 0 Å². The predicted molar refractivity (Wildman–Crippen MR) is 87.9 cm³/mol. The van der Waals surface area contributed by atoms with Crippen molar-refractivity contribution in [1.29, 1.82) is 0 Å². The first-order valence-corrected chi connectivity index (χ1v) is 9.25. The van der Waals surface area contributed by atoms with E-state index in [1.807, 2.05) is 32.9 Å². The molecule has 2 N–H and O–H groups in total. The van der Waals surface area contributed by atoms with E-state index in [1.54, 1.807) is 6.07 Å². The second kappa shape index (κ2) is 8.51. The van der Waals surface area contributed by atoms with Crippen molar-refractivity contribution in [2.24, 2.45) is 0 Å². The Bertz CT molecular complexity index is 537. The third-order valence-corrected chi connectivity index (χ3v) is 5.27. The molecule has 0 aliphatic carbocycles. The lowest BCUT2D eigenvalue weighted by atomic mass is 10.1. The fourth-order valence-electron chi connectivity index (χ4n) is 2.19. The van der Waals surface area contributed by atoms with E-state index in [9.17, 15) is 8.42 Å². The molecule has 21 heavy (non-hydrogen) atoms. The summed E-state index contributed by atoms with van der Waals surface area (Å²) in [5, 5.41) is 3.30. The quantitative estimate of drug-likeness (QED) is 0.689. The molecule has 0 fully saturated rings. The highest BCUT2D eigenvalue weighted by Gasteiger charge is 2.20. The molecule has 0 bridgehead atoms. The van der Waals surface area contributed by atoms with Gasteiger partial charge in [0.2, 0.25) is 10.0 Å². The van der Waals surface area contributed by atoms with Crippen LogP contribution in [0.1, 0.15) is 51.2 Å². The summed E-state index contributed by atoms with van der Waals surface area (Å²) in [4.78, 5) is 0.394. The molecule has 0 saturated carbocycles. The summed E-state index contributed by atoms with van der Waals surface area (Å²) in [5.41, 5.74) is 1.78. The van der Waals surface area contributed by atoms with E-state index >= 15 is 0 Å². The zero-order valence-corrected chi connectivity index (χ0v) is 14.4. The lowest BCUT2D eigenvalue weighted by molar-refractivity contribution is 0.529. The van der Waals surface area contributed by atoms with Gasteiger partial charge in [-0.05, 0) is 49.9 Å². The molecule has 0 spiro atoms. The minimum absolute atomic E-state index is 0.00345. The normalized spacial score (nSPS) is 12.0. The molecule has 0 aliphatic heterocycles. The molecule has 0 atom stereocenters. The maximum absolute atomic E-state index is 12.5. The first-order chi connectivity index (χ1) is 9.94. The Hall–Kier alpha value is -0.910. The highest BCUT2D eigenvalue weighted by molar-refractivity contribution is 7.89. The van der Waals surface area contributed by atoms with Crippen LogP contribution in [0.3, 0.4) is 0 Å². The van der Waals surface area contributed by atoms with Crippen molar-refractivity contribution in [1.82, 2.24) is 10.0 Å². The van der Waals surface area contributed by atoms with Crippen LogP contribution in [0.5, 0.6) is 0 Å². The van der Waals surface area contributed by atoms with E-state index in [-0.39, 0.29) is 6.04 Å². The average Bonchev–Trinajstić information content (AvgIpc) is 2.46. The Morgan fingerprint density at radius 1 is 1.14 bits per heavy atom. The third-order valence-electron chi connectivity index (χ3n) is 3.61. The van der Waals surface area contributed by atoms with Crippen LogP contribution in [0, 0.1) is 6.92 Å². The Kier molecular flexibility index (Phi) is 7.35. The summed E-state index contributed by atoms with van der Waals surface area (Å²) in [6, 6.07) is 5.64. The van der Waals surface area contributed by atoms with Gasteiger partial charge in [-0.25, -0.2) is 13.1 Å². The van der Waals surface area contributed by atoms with Crippen molar-refractivity contribution in [2.45, 2.75) is 64.4 Å². The standard InChI is InChI=1S/C16H28N2O2S/c1-5-10-17-12-14-9-8-13(4)16(11-14)21(19,20)18-15(6-2)7-3/h8-9,11,15,17-18H,5-7,10,12H2,1-4H3. The Morgan fingerprint density at radius 2 is 1.81 bits per heavy atom. The van der Waals surface area contributed by atoms with E-state index in [0.29, 0.717) is 11.4 Å². The van der Waals surface area contributed by atoms with Gasteiger partial charge in [-0.2, -0.15) is 0 Å². The number of rotatable bonds is 9. The van der Waals surface area contributed by atoms with Gasteiger partial charge < -0.3 is 5.32 Å². The number of sulfonamides is 1. The van der Waals surface area contributed by atoms with E-state index in [1.165, 1.54) is 0 Å². The van der Waals surface area contributed by atoms with Crippen molar-refractivity contribution in [3.63, 3.8) is 0 Å². The van der Waals surface area contributed by atoms with E-state index in [2.05, 4.69) is 17.0 Å². The van der Waals surface area contributed by atoms with Gasteiger partial charge in [0.05, 0.1) is 4.90 Å².